The summed E-state index contributed by atoms with van der Waals surface area (Å²) in [6, 6.07) is 0. The van der Waals surface area contributed by atoms with Gasteiger partial charge in [-0.25, -0.2) is 0 Å². The second-order valence-corrected chi connectivity index (χ2v) is 7.67. The largest absolute Gasteiger partial charge is 0.458 e. The van der Waals surface area contributed by atoms with Crippen LogP contribution in [0.2, 0.25) is 0 Å². The Kier molecular flexibility index (Phi) is 3.34. The molecule has 0 N–H and O–H groups in total. The van der Waals surface area contributed by atoms with E-state index in [9.17, 15) is 18.0 Å². The lowest BCUT2D eigenvalue weighted by Gasteiger charge is -2.56. The van der Waals surface area contributed by atoms with E-state index in [4.69, 9.17) is 4.74 Å². The van der Waals surface area contributed by atoms with Crippen LogP contribution < -0.4 is 0 Å². The summed E-state index contributed by atoms with van der Waals surface area (Å²) in [5.41, 5.74) is -2.98. The fourth-order valence-electron chi connectivity index (χ4n) is 4.93. The van der Waals surface area contributed by atoms with Crippen molar-refractivity contribution in [2.24, 2.45) is 23.2 Å². The maximum absolute atomic E-state index is 13.2. The highest BCUT2D eigenvalue weighted by atomic mass is 19.4. The molecule has 4 bridgehead atoms. The summed E-state index contributed by atoms with van der Waals surface area (Å²) in [5, 5.41) is 0. The standard InChI is InChI=1S/C16H23F3O2/c1-3-14(2,16(17,18)19)13(20)21-15-7-10-4-11(8-15)6-12(5-10)9-15/h10-12H,3-9H2,1-2H3. The van der Waals surface area contributed by atoms with E-state index in [0.717, 1.165) is 26.2 Å². The normalized spacial score (nSPS) is 40.9. The first-order valence-corrected chi connectivity index (χ1v) is 7.97. The third-order valence-corrected chi connectivity index (χ3v) is 6.07. The predicted molar refractivity (Wildman–Crippen MR) is 71.4 cm³/mol. The highest BCUT2D eigenvalue weighted by molar-refractivity contribution is 5.77. The fourth-order valence-corrected chi connectivity index (χ4v) is 4.93. The summed E-state index contributed by atoms with van der Waals surface area (Å²) in [6.07, 6.45) is 0.972. The molecule has 2 nitrogen and oxygen atoms in total. The van der Waals surface area contributed by atoms with Crippen molar-refractivity contribution in [3.63, 3.8) is 0 Å². The number of hydrogen-bond donors (Lipinski definition) is 0. The minimum Gasteiger partial charge on any atom is -0.458 e. The summed E-state index contributed by atoms with van der Waals surface area (Å²) in [4.78, 5) is 12.3. The van der Waals surface area contributed by atoms with Gasteiger partial charge < -0.3 is 4.74 Å². The first-order chi connectivity index (χ1) is 9.67. The van der Waals surface area contributed by atoms with Gasteiger partial charge in [-0.2, -0.15) is 13.2 Å². The van der Waals surface area contributed by atoms with Gasteiger partial charge in [0.15, 0.2) is 5.41 Å². The molecule has 0 aromatic rings. The van der Waals surface area contributed by atoms with Gasteiger partial charge in [-0.1, -0.05) is 6.92 Å². The Balaban J connectivity index is 1.78. The van der Waals surface area contributed by atoms with Crippen LogP contribution in [0.3, 0.4) is 0 Å². The van der Waals surface area contributed by atoms with Crippen LogP contribution in [-0.2, 0) is 9.53 Å². The lowest BCUT2D eigenvalue weighted by molar-refractivity contribution is -0.246. The van der Waals surface area contributed by atoms with Crippen molar-refractivity contribution in [2.75, 3.05) is 0 Å². The molecule has 4 saturated carbocycles. The average molecular weight is 304 g/mol. The molecule has 4 aliphatic carbocycles. The van der Waals surface area contributed by atoms with Crippen LogP contribution in [0.4, 0.5) is 13.2 Å². The smallest absolute Gasteiger partial charge is 0.404 e. The molecular formula is C16H23F3O2. The molecule has 4 aliphatic rings. The molecule has 4 rings (SSSR count). The summed E-state index contributed by atoms with van der Waals surface area (Å²) < 4.78 is 45.2. The fraction of sp³-hybridized carbons (Fsp3) is 0.938. The van der Waals surface area contributed by atoms with Crippen LogP contribution in [0.1, 0.15) is 58.8 Å². The van der Waals surface area contributed by atoms with Crippen molar-refractivity contribution in [1.82, 2.24) is 0 Å². The van der Waals surface area contributed by atoms with E-state index >= 15 is 0 Å². The molecule has 0 aliphatic heterocycles. The third kappa shape index (κ3) is 2.36. The van der Waals surface area contributed by atoms with E-state index in [-0.39, 0.29) is 6.42 Å². The molecule has 0 aromatic carbocycles. The second-order valence-electron chi connectivity index (χ2n) is 7.67. The Hall–Kier alpha value is -0.740. The van der Waals surface area contributed by atoms with Gasteiger partial charge >= 0.3 is 12.1 Å². The van der Waals surface area contributed by atoms with E-state index in [1.54, 1.807) is 0 Å². The van der Waals surface area contributed by atoms with Crippen molar-refractivity contribution in [3.05, 3.63) is 0 Å². The van der Waals surface area contributed by atoms with Gasteiger partial charge in [-0.3, -0.25) is 4.79 Å². The Morgan fingerprint density at radius 3 is 1.86 bits per heavy atom. The number of carbonyl (C=O) groups excluding carboxylic acids is 1. The van der Waals surface area contributed by atoms with E-state index in [1.807, 2.05) is 0 Å². The summed E-state index contributed by atoms with van der Waals surface area (Å²) in [7, 11) is 0. The zero-order chi connectivity index (χ0) is 15.5. The molecule has 0 aromatic heterocycles. The molecule has 0 amide bonds. The number of esters is 1. The number of carbonyl (C=O) groups is 1. The molecule has 5 heteroatoms. The van der Waals surface area contributed by atoms with Crippen LogP contribution in [0.5, 0.6) is 0 Å². The van der Waals surface area contributed by atoms with Gasteiger partial charge in [-0.15, -0.1) is 0 Å². The highest BCUT2D eigenvalue weighted by Crippen LogP contribution is 2.58. The highest BCUT2D eigenvalue weighted by Gasteiger charge is 2.60. The average Bonchev–Trinajstić information content (AvgIpc) is 2.33. The molecule has 4 fully saturated rings. The lowest BCUT2D eigenvalue weighted by Crippen LogP contribution is -2.55. The molecule has 120 valence electrons. The first-order valence-electron chi connectivity index (χ1n) is 7.97. The van der Waals surface area contributed by atoms with Crippen molar-refractivity contribution >= 4 is 5.97 Å². The number of halogens is 3. The zero-order valence-corrected chi connectivity index (χ0v) is 12.6. The molecule has 0 heterocycles. The van der Waals surface area contributed by atoms with Crippen LogP contribution in [0, 0.1) is 23.2 Å². The Bertz CT molecular complexity index is 408. The van der Waals surface area contributed by atoms with Crippen LogP contribution in [-0.4, -0.2) is 17.7 Å². The maximum Gasteiger partial charge on any atom is 0.404 e. The molecule has 1 atom stereocenters. The number of alkyl halides is 3. The van der Waals surface area contributed by atoms with Crippen LogP contribution in [0.25, 0.3) is 0 Å². The summed E-state index contributed by atoms with van der Waals surface area (Å²) >= 11 is 0. The maximum atomic E-state index is 13.2. The van der Waals surface area contributed by atoms with E-state index in [1.165, 1.54) is 26.2 Å². The summed E-state index contributed by atoms with van der Waals surface area (Å²) in [6.45, 7) is 2.37. The minimum atomic E-state index is -4.55. The second kappa shape index (κ2) is 4.63. The van der Waals surface area contributed by atoms with Crippen molar-refractivity contribution < 1.29 is 22.7 Å². The molecule has 0 spiro atoms. The first kappa shape index (κ1) is 15.2. The quantitative estimate of drug-likeness (QED) is 0.719. The predicted octanol–water partition coefficient (Wildman–Crippen LogP) is 4.48. The molecule has 0 saturated heterocycles. The van der Waals surface area contributed by atoms with E-state index in [0.29, 0.717) is 17.8 Å². The van der Waals surface area contributed by atoms with Gasteiger partial charge in [0, 0.05) is 0 Å². The summed E-state index contributed by atoms with van der Waals surface area (Å²) in [5.74, 6) is 0.563. The van der Waals surface area contributed by atoms with Crippen LogP contribution in [0.15, 0.2) is 0 Å². The van der Waals surface area contributed by atoms with Gasteiger partial charge in [0.2, 0.25) is 0 Å². The molecule has 21 heavy (non-hydrogen) atoms. The number of hydrogen-bond acceptors (Lipinski definition) is 2. The number of ether oxygens (including phenoxy) is 1. The van der Waals surface area contributed by atoms with Gasteiger partial charge in [0.25, 0.3) is 0 Å². The van der Waals surface area contributed by atoms with Gasteiger partial charge in [-0.05, 0) is 69.6 Å². The molecule has 1 unspecified atom stereocenters. The Labute approximate surface area is 123 Å². The Morgan fingerprint density at radius 2 is 1.52 bits per heavy atom. The zero-order valence-electron chi connectivity index (χ0n) is 12.6. The third-order valence-electron chi connectivity index (χ3n) is 6.07. The van der Waals surface area contributed by atoms with Crippen molar-refractivity contribution in [2.45, 2.75) is 70.6 Å². The SMILES string of the molecule is CCC(C)(C(=O)OC12CC3CC(CC(C3)C1)C2)C(F)(F)F. The van der Waals surface area contributed by atoms with Crippen LogP contribution >= 0.6 is 0 Å². The molecular weight excluding hydrogens is 281 g/mol. The topological polar surface area (TPSA) is 26.3 Å². The van der Waals surface area contributed by atoms with Crippen molar-refractivity contribution in [3.8, 4) is 0 Å². The number of rotatable bonds is 3. The van der Waals surface area contributed by atoms with Gasteiger partial charge in [0.05, 0.1) is 0 Å². The Morgan fingerprint density at radius 1 is 1.10 bits per heavy atom. The monoisotopic (exact) mass is 304 g/mol. The van der Waals surface area contributed by atoms with Crippen molar-refractivity contribution in [1.29, 1.82) is 0 Å². The lowest BCUT2D eigenvalue weighted by atomic mass is 9.54. The molecule has 0 radical (unpaired) electrons. The minimum absolute atomic E-state index is 0.276. The van der Waals surface area contributed by atoms with Gasteiger partial charge in [0.1, 0.15) is 5.60 Å². The van der Waals surface area contributed by atoms with E-state index < -0.39 is 23.2 Å². The van der Waals surface area contributed by atoms with E-state index in [2.05, 4.69) is 0 Å².